The van der Waals surface area contributed by atoms with E-state index in [2.05, 4.69) is 9.47 Å². The lowest BCUT2D eigenvalue weighted by Crippen LogP contribution is -2.13. The Morgan fingerprint density at radius 1 is 1.50 bits per heavy atom. The number of methoxy groups -OCH3 is 1. The van der Waals surface area contributed by atoms with Crippen LogP contribution in [0.2, 0.25) is 0 Å². The van der Waals surface area contributed by atoms with Crippen LogP contribution in [0, 0.1) is 11.3 Å². The van der Waals surface area contributed by atoms with Crippen molar-refractivity contribution < 1.29 is 23.0 Å². The number of hydrogen-bond acceptors (Lipinski definition) is 4. The normalized spacial score (nSPS) is 10.0. The minimum Gasteiger partial charge on any atom is -0.465 e. The summed E-state index contributed by atoms with van der Waals surface area (Å²) >= 11 is 0. The molecule has 0 spiro atoms. The first kappa shape index (κ1) is 13.9. The number of ether oxygens (including phenoxy) is 2. The zero-order valence-electron chi connectivity index (χ0n) is 9.87. The smallest absolute Gasteiger partial charge is 0.387 e. The molecule has 0 atom stereocenters. The Morgan fingerprint density at radius 2 is 2.17 bits per heavy atom. The Balaban J connectivity index is 3.45. The molecule has 0 bridgehead atoms. The van der Waals surface area contributed by atoms with Crippen LogP contribution in [0.3, 0.4) is 0 Å². The van der Waals surface area contributed by atoms with Gasteiger partial charge in [-0.1, -0.05) is 6.92 Å². The standard InChI is InChI=1S/C12H11F2NO3/c1-3-8-7(6-15)4-5-9(18-12(13)14)10(8)11(16)17-2/h4-5,12H,3H2,1-2H3. The highest BCUT2D eigenvalue weighted by atomic mass is 19.3. The highest BCUT2D eigenvalue weighted by molar-refractivity contribution is 5.95. The molecule has 6 heteroatoms. The lowest BCUT2D eigenvalue weighted by molar-refractivity contribution is -0.0504. The van der Waals surface area contributed by atoms with Crippen LogP contribution in [0.4, 0.5) is 8.78 Å². The van der Waals surface area contributed by atoms with E-state index in [9.17, 15) is 13.6 Å². The van der Waals surface area contributed by atoms with Gasteiger partial charge in [0.2, 0.25) is 0 Å². The molecule has 0 amide bonds. The van der Waals surface area contributed by atoms with Gasteiger partial charge in [-0.25, -0.2) is 4.79 Å². The van der Waals surface area contributed by atoms with Crippen molar-refractivity contribution in [3.63, 3.8) is 0 Å². The highest BCUT2D eigenvalue weighted by Gasteiger charge is 2.22. The molecule has 0 aliphatic carbocycles. The zero-order valence-corrected chi connectivity index (χ0v) is 9.87. The Kier molecular flexibility index (Phi) is 4.60. The van der Waals surface area contributed by atoms with Crippen molar-refractivity contribution in [2.24, 2.45) is 0 Å². The average molecular weight is 255 g/mol. The molecule has 96 valence electrons. The van der Waals surface area contributed by atoms with Crippen LogP contribution in [0.25, 0.3) is 0 Å². The number of nitrogens with zero attached hydrogens (tertiary/aromatic N) is 1. The second kappa shape index (κ2) is 5.96. The van der Waals surface area contributed by atoms with Crippen molar-refractivity contribution in [1.82, 2.24) is 0 Å². The molecular formula is C12H11F2NO3. The molecular weight excluding hydrogens is 244 g/mol. The number of nitriles is 1. The SMILES string of the molecule is CCc1c(C#N)ccc(OC(F)F)c1C(=O)OC. The first-order chi connectivity index (χ1) is 8.54. The van der Waals surface area contributed by atoms with Crippen LogP contribution < -0.4 is 4.74 Å². The van der Waals surface area contributed by atoms with Crippen LogP contribution in [-0.2, 0) is 11.2 Å². The fraction of sp³-hybridized carbons (Fsp3) is 0.333. The van der Waals surface area contributed by atoms with Crippen LogP contribution >= 0.6 is 0 Å². The molecule has 0 aliphatic heterocycles. The summed E-state index contributed by atoms with van der Waals surface area (Å²) in [6.45, 7) is -1.35. The number of rotatable bonds is 4. The summed E-state index contributed by atoms with van der Waals surface area (Å²) in [5.74, 6) is -1.09. The molecule has 1 rings (SSSR count). The molecule has 1 aromatic carbocycles. The van der Waals surface area contributed by atoms with Crippen molar-refractivity contribution in [2.75, 3.05) is 7.11 Å². The summed E-state index contributed by atoms with van der Waals surface area (Å²) in [6.07, 6.45) is 0.327. The van der Waals surface area contributed by atoms with E-state index in [0.717, 1.165) is 13.2 Å². The minimum atomic E-state index is -3.05. The Bertz CT molecular complexity index is 495. The largest absolute Gasteiger partial charge is 0.465 e. The summed E-state index contributed by atoms with van der Waals surface area (Å²) in [7, 11) is 1.13. The Hall–Kier alpha value is -2.16. The van der Waals surface area contributed by atoms with Crippen molar-refractivity contribution in [3.8, 4) is 11.8 Å². The van der Waals surface area contributed by atoms with E-state index in [1.54, 1.807) is 6.92 Å². The van der Waals surface area contributed by atoms with Gasteiger partial charge in [0, 0.05) is 0 Å². The second-order valence-corrected chi connectivity index (χ2v) is 3.30. The number of benzene rings is 1. The molecule has 0 aliphatic rings. The van der Waals surface area contributed by atoms with Crippen molar-refractivity contribution in [3.05, 3.63) is 28.8 Å². The van der Waals surface area contributed by atoms with Gasteiger partial charge >= 0.3 is 12.6 Å². The van der Waals surface area contributed by atoms with E-state index in [4.69, 9.17) is 5.26 Å². The molecule has 18 heavy (non-hydrogen) atoms. The molecule has 0 fully saturated rings. The average Bonchev–Trinajstić information content (AvgIpc) is 2.36. The van der Waals surface area contributed by atoms with E-state index in [1.807, 2.05) is 6.07 Å². The topological polar surface area (TPSA) is 59.3 Å². The maximum atomic E-state index is 12.2. The second-order valence-electron chi connectivity index (χ2n) is 3.30. The van der Waals surface area contributed by atoms with Gasteiger partial charge in [0.25, 0.3) is 0 Å². The summed E-state index contributed by atoms with van der Waals surface area (Å²) < 4.78 is 33.3. The first-order valence-electron chi connectivity index (χ1n) is 5.14. The van der Waals surface area contributed by atoms with Gasteiger partial charge in [-0.05, 0) is 24.1 Å². The molecule has 0 aromatic heterocycles. The van der Waals surface area contributed by atoms with Gasteiger partial charge in [-0.15, -0.1) is 0 Å². The fourth-order valence-corrected chi connectivity index (χ4v) is 1.62. The lowest BCUT2D eigenvalue weighted by Gasteiger charge is -2.13. The number of carbonyl (C=O) groups excluding carboxylic acids is 1. The van der Waals surface area contributed by atoms with Crippen LogP contribution in [0.1, 0.15) is 28.4 Å². The molecule has 4 nitrogen and oxygen atoms in total. The summed E-state index contributed by atoms with van der Waals surface area (Å²) in [6, 6.07) is 4.39. The molecule has 0 heterocycles. The third kappa shape index (κ3) is 2.74. The summed E-state index contributed by atoms with van der Waals surface area (Å²) in [4.78, 5) is 11.6. The fourth-order valence-electron chi connectivity index (χ4n) is 1.62. The molecule has 1 aromatic rings. The first-order valence-corrected chi connectivity index (χ1v) is 5.14. The van der Waals surface area contributed by atoms with Gasteiger partial charge in [0.1, 0.15) is 11.3 Å². The molecule has 0 saturated heterocycles. The summed E-state index contributed by atoms with van der Waals surface area (Å²) in [5.41, 5.74) is 0.446. The van der Waals surface area contributed by atoms with Gasteiger partial charge in [0.05, 0.1) is 18.7 Å². The minimum absolute atomic E-state index is 0.126. The molecule has 0 unspecified atom stereocenters. The number of carbonyl (C=O) groups is 1. The number of hydrogen-bond donors (Lipinski definition) is 0. The van der Waals surface area contributed by atoms with Gasteiger partial charge in [-0.3, -0.25) is 0 Å². The third-order valence-corrected chi connectivity index (χ3v) is 2.35. The van der Waals surface area contributed by atoms with E-state index in [1.165, 1.54) is 6.07 Å². The van der Waals surface area contributed by atoms with Gasteiger partial charge in [0.15, 0.2) is 0 Å². The van der Waals surface area contributed by atoms with E-state index in [0.29, 0.717) is 12.0 Å². The van der Waals surface area contributed by atoms with Crippen LogP contribution in [0.5, 0.6) is 5.75 Å². The van der Waals surface area contributed by atoms with E-state index < -0.39 is 12.6 Å². The van der Waals surface area contributed by atoms with E-state index >= 15 is 0 Å². The summed E-state index contributed by atoms with van der Waals surface area (Å²) in [5, 5.41) is 8.91. The molecule has 0 N–H and O–H groups in total. The Labute approximate surface area is 103 Å². The van der Waals surface area contributed by atoms with Crippen molar-refractivity contribution >= 4 is 5.97 Å². The number of esters is 1. The van der Waals surface area contributed by atoms with Gasteiger partial charge < -0.3 is 9.47 Å². The maximum absolute atomic E-state index is 12.2. The van der Waals surface area contributed by atoms with E-state index in [-0.39, 0.29) is 16.9 Å². The zero-order chi connectivity index (χ0) is 13.7. The Morgan fingerprint density at radius 3 is 2.61 bits per heavy atom. The number of halogens is 2. The number of alkyl halides is 2. The third-order valence-electron chi connectivity index (χ3n) is 2.35. The van der Waals surface area contributed by atoms with Crippen LogP contribution in [-0.4, -0.2) is 19.7 Å². The predicted molar refractivity (Wildman–Crippen MR) is 58.5 cm³/mol. The quantitative estimate of drug-likeness (QED) is 0.775. The van der Waals surface area contributed by atoms with Crippen molar-refractivity contribution in [2.45, 2.75) is 20.0 Å². The molecule has 0 saturated carbocycles. The molecule has 0 radical (unpaired) electrons. The van der Waals surface area contributed by atoms with Gasteiger partial charge in [-0.2, -0.15) is 14.0 Å². The highest BCUT2D eigenvalue weighted by Crippen LogP contribution is 2.28. The predicted octanol–water partition coefficient (Wildman–Crippen LogP) is 2.51. The maximum Gasteiger partial charge on any atom is 0.387 e. The van der Waals surface area contributed by atoms with Crippen molar-refractivity contribution in [1.29, 1.82) is 5.26 Å². The lowest BCUT2D eigenvalue weighted by atomic mass is 9.98. The monoisotopic (exact) mass is 255 g/mol. The van der Waals surface area contributed by atoms with Crippen LogP contribution in [0.15, 0.2) is 12.1 Å².